The number of ether oxygens (including phenoxy) is 4. The maximum Gasteiger partial charge on any atom is 0.332 e. The van der Waals surface area contributed by atoms with Crippen molar-refractivity contribution >= 4 is 23.0 Å². The summed E-state index contributed by atoms with van der Waals surface area (Å²) in [5.74, 6) is -0.369. The number of hydrogen-bond acceptors (Lipinski definition) is 9. The van der Waals surface area contributed by atoms with Crippen molar-refractivity contribution in [1.29, 1.82) is 0 Å². The zero-order chi connectivity index (χ0) is 19.1. The van der Waals surface area contributed by atoms with Gasteiger partial charge < -0.3 is 29.7 Å². The summed E-state index contributed by atoms with van der Waals surface area (Å²) in [7, 11) is 1.54. The fourth-order valence-corrected chi connectivity index (χ4v) is 2.13. The lowest BCUT2D eigenvalue weighted by atomic mass is 10.5. The molecule has 0 fully saturated rings. The Bertz CT molecular complexity index is 800. The molecule has 0 aliphatic heterocycles. The van der Waals surface area contributed by atoms with Crippen molar-refractivity contribution in [2.75, 3.05) is 39.3 Å². The lowest BCUT2D eigenvalue weighted by Crippen LogP contribution is -2.22. The standard InChI is InChI=1S/C15H23N5O6/c1-9(2)26-10(21)8-24-5-4-20-13-11(17-15(20)22)12(16)18-14(19-13)25-7-6-23-3/h9H,4-8H2,1-3H3,(H,17,22)(H2,16,18,19). The van der Waals surface area contributed by atoms with Gasteiger partial charge in [0.2, 0.25) is 0 Å². The SMILES string of the molecule is COCCOc1nc(N)c2[nH]c(=O)n(CCOCC(=O)OC(C)C)c2n1. The van der Waals surface area contributed by atoms with Crippen LogP contribution in [0.5, 0.6) is 6.01 Å². The zero-order valence-electron chi connectivity index (χ0n) is 15.0. The van der Waals surface area contributed by atoms with Crippen molar-refractivity contribution in [2.45, 2.75) is 26.5 Å². The summed E-state index contributed by atoms with van der Waals surface area (Å²) in [6.45, 7) is 4.20. The first kappa shape index (κ1) is 19.7. The molecule has 2 aromatic rings. The molecule has 144 valence electrons. The quantitative estimate of drug-likeness (QED) is 0.426. The molecular formula is C15H23N5O6. The van der Waals surface area contributed by atoms with E-state index in [9.17, 15) is 9.59 Å². The maximum atomic E-state index is 12.1. The topological polar surface area (TPSA) is 144 Å². The highest BCUT2D eigenvalue weighted by molar-refractivity contribution is 5.81. The first-order valence-electron chi connectivity index (χ1n) is 8.07. The number of hydrogen-bond donors (Lipinski definition) is 2. The number of methoxy groups -OCH3 is 1. The molecular weight excluding hydrogens is 346 g/mol. The molecule has 0 amide bonds. The van der Waals surface area contributed by atoms with Gasteiger partial charge in [0.25, 0.3) is 0 Å². The van der Waals surface area contributed by atoms with Gasteiger partial charge in [0.1, 0.15) is 18.7 Å². The second-order valence-electron chi connectivity index (χ2n) is 5.60. The summed E-state index contributed by atoms with van der Waals surface area (Å²) in [6, 6.07) is 0.0428. The van der Waals surface area contributed by atoms with Crippen LogP contribution < -0.4 is 16.2 Å². The molecule has 0 aliphatic rings. The van der Waals surface area contributed by atoms with Crippen molar-refractivity contribution in [3.63, 3.8) is 0 Å². The molecule has 0 unspecified atom stereocenters. The molecule has 2 aromatic heterocycles. The average molecular weight is 369 g/mol. The first-order chi connectivity index (χ1) is 12.4. The number of H-pyrrole nitrogens is 1. The van der Waals surface area contributed by atoms with Crippen LogP contribution in [0, 0.1) is 0 Å². The lowest BCUT2D eigenvalue weighted by molar-refractivity contribution is -0.152. The summed E-state index contributed by atoms with van der Waals surface area (Å²) in [6.07, 6.45) is -0.210. The Kier molecular flexibility index (Phi) is 6.92. The van der Waals surface area contributed by atoms with E-state index in [0.29, 0.717) is 17.8 Å². The summed E-state index contributed by atoms with van der Waals surface area (Å²) >= 11 is 0. The molecule has 2 heterocycles. The Morgan fingerprint density at radius 2 is 2.04 bits per heavy atom. The highest BCUT2D eigenvalue weighted by Crippen LogP contribution is 2.17. The summed E-state index contributed by atoms with van der Waals surface area (Å²) in [5, 5.41) is 0. The monoisotopic (exact) mass is 369 g/mol. The number of nitrogens with one attached hydrogen (secondary N) is 1. The second-order valence-corrected chi connectivity index (χ2v) is 5.60. The fraction of sp³-hybridized carbons (Fsp3) is 0.600. The molecule has 0 atom stereocenters. The number of carbonyl (C=O) groups excluding carboxylic acids is 1. The highest BCUT2D eigenvalue weighted by Gasteiger charge is 2.15. The largest absolute Gasteiger partial charge is 0.461 e. The minimum atomic E-state index is -0.466. The van der Waals surface area contributed by atoms with Gasteiger partial charge in [0, 0.05) is 7.11 Å². The molecule has 3 N–H and O–H groups in total. The van der Waals surface area contributed by atoms with Crippen LogP contribution in [-0.2, 0) is 25.5 Å². The first-order valence-corrected chi connectivity index (χ1v) is 8.07. The van der Waals surface area contributed by atoms with Crippen molar-refractivity contribution in [3.8, 4) is 6.01 Å². The zero-order valence-corrected chi connectivity index (χ0v) is 15.0. The van der Waals surface area contributed by atoms with Crippen molar-refractivity contribution in [3.05, 3.63) is 10.5 Å². The third kappa shape index (κ3) is 5.17. The van der Waals surface area contributed by atoms with Crippen LogP contribution >= 0.6 is 0 Å². The van der Waals surface area contributed by atoms with Gasteiger partial charge in [-0.3, -0.25) is 4.57 Å². The molecule has 2 rings (SSSR count). The van der Waals surface area contributed by atoms with Gasteiger partial charge in [-0.1, -0.05) is 0 Å². The molecule has 26 heavy (non-hydrogen) atoms. The number of nitrogens with two attached hydrogens (primary N) is 1. The van der Waals surface area contributed by atoms with Crippen molar-refractivity contribution in [2.24, 2.45) is 0 Å². The molecule has 11 heteroatoms. The highest BCUT2D eigenvalue weighted by atomic mass is 16.6. The van der Waals surface area contributed by atoms with Gasteiger partial charge in [-0.2, -0.15) is 9.97 Å². The van der Waals surface area contributed by atoms with Gasteiger partial charge in [0.05, 0.1) is 25.9 Å². The number of carbonyl (C=O) groups is 1. The second kappa shape index (κ2) is 9.15. The minimum absolute atomic E-state index is 0.0428. The number of aromatic amines is 1. The normalized spacial score (nSPS) is 11.2. The Morgan fingerprint density at radius 1 is 1.27 bits per heavy atom. The molecule has 0 spiro atoms. The number of nitrogen functional groups attached to an aromatic ring is 1. The Balaban J connectivity index is 2.05. The number of rotatable bonds is 10. The summed E-state index contributed by atoms with van der Waals surface area (Å²) in [5.41, 5.74) is 6.04. The van der Waals surface area contributed by atoms with Crippen LogP contribution in [0.3, 0.4) is 0 Å². The number of imidazole rings is 1. The third-order valence-electron chi connectivity index (χ3n) is 3.20. The molecule has 0 saturated carbocycles. The maximum absolute atomic E-state index is 12.1. The van der Waals surface area contributed by atoms with Gasteiger partial charge >= 0.3 is 17.7 Å². The van der Waals surface area contributed by atoms with E-state index in [2.05, 4.69) is 15.0 Å². The lowest BCUT2D eigenvalue weighted by Gasteiger charge is -2.09. The Morgan fingerprint density at radius 3 is 2.73 bits per heavy atom. The van der Waals surface area contributed by atoms with Gasteiger partial charge in [-0.15, -0.1) is 0 Å². The molecule has 0 radical (unpaired) electrons. The summed E-state index contributed by atoms with van der Waals surface area (Å²) in [4.78, 5) is 34.3. The number of nitrogens with zero attached hydrogens (tertiary/aromatic N) is 3. The predicted octanol–water partition coefficient (Wildman–Crippen LogP) is -0.305. The van der Waals surface area contributed by atoms with E-state index in [0.717, 1.165) is 0 Å². The van der Waals surface area contributed by atoms with E-state index in [4.69, 9.17) is 24.7 Å². The van der Waals surface area contributed by atoms with Crippen molar-refractivity contribution < 1.29 is 23.7 Å². The number of fused-ring (bicyclic) bond motifs is 1. The van der Waals surface area contributed by atoms with Crippen molar-refractivity contribution in [1.82, 2.24) is 19.5 Å². The van der Waals surface area contributed by atoms with E-state index in [1.165, 1.54) is 4.57 Å². The van der Waals surface area contributed by atoms with E-state index in [1.54, 1.807) is 21.0 Å². The number of anilines is 1. The third-order valence-corrected chi connectivity index (χ3v) is 3.20. The average Bonchev–Trinajstić information content (AvgIpc) is 2.88. The van der Waals surface area contributed by atoms with E-state index >= 15 is 0 Å². The van der Waals surface area contributed by atoms with Crippen LogP contribution in [0.25, 0.3) is 11.2 Å². The van der Waals surface area contributed by atoms with E-state index < -0.39 is 11.7 Å². The minimum Gasteiger partial charge on any atom is -0.461 e. The molecule has 11 nitrogen and oxygen atoms in total. The van der Waals surface area contributed by atoms with Crippen LogP contribution in [0.2, 0.25) is 0 Å². The van der Waals surface area contributed by atoms with Gasteiger partial charge in [-0.05, 0) is 13.8 Å². The smallest absolute Gasteiger partial charge is 0.332 e. The van der Waals surface area contributed by atoms with E-state index in [-0.39, 0.29) is 44.3 Å². The van der Waals surface area contributed by atoms with E-state index in [1.807, 2.05) is 0 Å². The van der Waals surface area contributed by atoms with Crippen LogP contribution in [-0.4, -0.2) is 65.1 Å². The fourth-order valence-electron chi connectivity index (χ4n) is 2.13. The predicted molar refractivity (Wildman–Crippen MR) is 92.0 cm³/mol. The van der Waals surface area contributed by atoms with Gasteiger partial charge in [0.15, 0.2) is 11.5 Å². The number of aromatic nitrogens is 4. The van der Waals surface area contributed by atoms with Crippen LogP contribution in [0.1, 0.15) is 13.8 Å². The number of esters is 1. The van der Waals surface area contributed by atoms with Crippen LogP contribution in [0.15, 0.2) is 4.79 Å². The Hall–Kier alpha value is -2.66. The Labute approximate surface area is 149 Å². The molecule has 0 bridgehead atoms. The molecule has 0 aliphatic carbocycles. The molecule has 0 aromatic carbocycles. The van der Waals surface area contributed by atoms with Gasteiger partial charge in [-0.25, -0.2) is 9.59 Å². The van der Waals surface area contributed by atoms with Crippen LogP contribution in [0.4, 0.5) is 5.82 Å². The summed E-state index contributed by atoms with van der Waals surface area (Å²) < 4.78 is 21.8. The molecule has 0 saturated heterocycles.